The highest BCUT2D eigenvalue weighted by molar-refractivity contribution is 5.78. The second-order valence-corrected chi connectivity index (χ2v) is 4.50. The van der Waals surface area contributed by atoms with E-state index in [0.29, 0.717) is 18.8 Å². The third kappa shape index (κ3) is 4.61. The SMILES string of the molecule is CCCC[C@](N)(CCC(C)C)C(=O)O. The van der Waals surface area contributed by atoms with E-state index in [-0.39, 0.29) is 0 Å². The molecule has 3 heteroatoms. The molecule has 0 aliphatic carbocycles. The molecule has 0 aliphatic rings. The fourth-order valence-corrected chi connectivity index (χ4v) is 1.38. The van der Waals surface area contributed by atoms with Gasteiger partial charge >= 0.3 is 5.97 Å². The smallest absolute Gasteiger partial charge is 0.323 e. The molecule has 0 heterocycles. The van der Waals surface area contributed by atoms with Gasteiger partial charge < -0.3 is 10.8 Å². The summed E-state index contributed by atoms with van der Waals surface area (Å²) in [5.41, 5.74) is 4.88. The summed E-state index contributed by atoms with van der Waals surface area (Å²) in [5, 5.41) is 9.05. The van der Waals surface area contributed by atoms with Gasteiger partial charge in [-0.2, -0.15) is 0 Å². The summed E-state index contributed by atoms with van der Waals surface area (Å²) in [6.45, 7) is 6.22. The Hall–Kier alpha value is -0.570. The zero-order valence-electron chi connectivity index (χ0n) is 9.55. The molecule has 0 rings (SSSR count). The fraction of sp³-hybridized carbons (Fsp3) is 0.909. The number of rotatable bonds is 7. The van der Waals surface area contributed by atoms with Crippen molar-refractivity contribution in [2.75, 3.05) is 0 Å². The Morgan fingerprint density at radius 3 is 2.36 bits per heavy atom. The van der Waals surface area contributed by atoms with Crippen LogP contribution in [0.2, 0.25) is 0 Å². The van der Waals surface area contributed by atoms with Crippen LogP contribution in [0.1, 0.15) is 52.9 Å². The van der Waals surface area contributed by atoms with Gasteiger partial charge in [0.1, 0.15) is 5.54 Å². The average molecular weight is 201 g/mol. The number of unbranched alkanes of at least 4 members (excludes halogenated alkanes) is 1. The van der Waals surface area contributed by atoms with Crippen molar-refractivity contribution in [2.45, 2.75) is 58.4 Å². The molecule has 14 heavy (non-hydrogen) atoms. The van der Waals surface area contributed by atoms with Crippen LogP contribution in [0.5, 0.6) is 0 Å². The maximum atomic E-state index is 11.0. The minimum atomic E-state index is -1.000. The quantitative estimate of drug-likeness (QED) is 0.664. The van der Waals surface area contributed by atoms with Gasteiger partial charge in [-0.05, 0) is 25.2 Å². The van der Waals surface area contributed by atoms with Crippen LogP contribution in [0.3, 0.4) is 0 Å². The van der Waals surface area contributed by atoms with Crippen molar-refractivity contribution in [2.24, 2.45) is 11.7 Å². The molecule has 84 valence electrons. The molecule has 3 nitrogen and oxygen atoms in total. The lowest BCUT2D eigenvalue weighted by Crippen LogP contribution is -2.48. The monoisotopic (exact) mass is 201 g/mol. The minimum absolute atomic E-state index is 0.513. The normalized spacial score (nSPS) is 15.5. The molecule has 0 unspecified atom stereocenters. The largest absolute Gasteiger partial charge is 0.480 e. The van der Waals surface area contributed by atoms with Crippen molar-refractivity contribution < 1.29 is 9.90 Å². The second kappa shape index (κ2) is 6.02. The van der Waals surface area contributed by atoms with Crippen LogP contribution in [-0.2, 0) is 4.79 Å². The lowest BCUT2D eigenvalue weighted by Gasteiger charge is -2.25. The predicted molar refractivity (Wildman–Crippen MR) is 58.2 cm³/mol. The van der Waals surface area contributed by atoms with Crippen molar-refractivity contribution >= 4 is 5.97 Å². The molecule has 1 atom stereocenters. The van der Waals surface area contributed by atoms with E-state index < -0.39 is 11.5 Å². The van der Waals surface area contributed by atoms with Crippen LogP contribution in [0.15, 0.2) is 0 Å². The van der Waals surface area contributed by atoms with Crippen molar-refractivity contribution in [3.05, 3.63) is 0 Å². The lowest BCUT2D eigenvalue weighted by molar-refractivity contribution is -0.144. The van der Waals surface area contributed by atoms with Gasteiger partial charge in [0.25, 0.3) is 0 Å². The van der Waals surface area contributed by atoms with Gasteiger partial charge in [0.05, 0.1) is 0 Å². The standard InChI is InChI=1S/C11H23NO2/c1-4-5-7-11(12,10(13)14)8-6-9(2)3/h9H,4-8,12H2,1-3H3,(H,13,14)/t11-/m0/s1. The molecule has 0 saturated heterocycles. The molecule has 0 spiro atoms. The molecule has 0 aromatic heterocycles. The molecule has 0 aliphatic heterocycles. The number of carbonyl (C=O) groups is 1. The first kappa shape index (κ1) is 13.4. The maximum absolute atomic E-state index is 11.0. The molecular formula is C11H23NO2. The first-order chi connectivity index (χ1) is 6.42. The Morgan fingerprint density at radius 1 is 1.43 bits per heavy atom. The molecule has 0 saturated carbocycles. The summed E-state index contributed by atoms with van der Waals surface area (Å²) in [6.07, 6.45) is 3.94. The highest BCUT2D eigenvalue weighted by Gasteiger charge is 2.32. The van der Waals surface area contributed by atoms with Crippen molar-refractivity contribution in [1.29, 1.82) is 0 Å². The number of hydrogen-bond acceptors (Lipinski definition) is 2. The summed E-state index contributed by atoms with van der Waals surface area (Å²) in [4.78, 5) is 11.0. The molecule has 0 fully saturated rings. The summed E-state index contributed by atoms with van der Waals surface area (Å²) < 4.78 is 0. The van der Waals surface area contributed by atoms with Crippen LogP contribution in [0.4, 0.5) is 0 Å². The second-order valence-electron chi connectivity index (χ2n) is 4.50. The number of aliphatic carboxylic acids is 1. The lowest BCUT2D eigenvalue weighted by atomic mass is 9.86. The highest BCUT2D eigenvalue weighted by atomic mass is 16.4. The van der Waals surface area contributed by atoms with Gasteiger partial charge in [0.15, 0.2) is 0 Å². The number of carboxylic acids is 1. The molecule has 0 amide bonds. The van der Waals surface area contributed by atoms with Crippen molar-refractivity contribution in [1.82, 2.24) is 0 Å². The molecular weight excluding hydrogens is 178 g/mol. The Morgan fingerprint density at radius 2 is 2.00 bits per heavy atom. The third-order valence-corrected chi connectivity index (χ3v) is 2.57. The third-order valence-electron chi connectivity index (χ3n) is 2.57. The van der Waals surface area contributed by atoms with E-state index in [1.165, 1.54) is 0 Å². The summed E-state index contributed by atoms with van der Waals surface area (Å²) in [5.74, 6) is -0.342. The molecule has 0 radical (unpaired) electrons. The Bertz CT molecular complexity index is 180. The molecule has 3 N–H and O–H groups in total. The van der Waals surface area contributed by atoms with E-state index in [9.17, 15) is 4.79 Å². The van der Waals surface area contributed by atoms with Gasteiger partial charge in [-0.15, -0.1) is 0 Å². The minimum Gasteiger partial charge on any atom is -0.480 e. The van der Waals surface area contributed by atoms with Crippen LogP contribution in [-0.4, -0.2) is 16.6 Å². The first-order valence-electron chi connectivity index (χ1n) is 5.44. The van der Waals surface area contributed by atoms with Crippen LogP contribution >= 0.6 is 0 Å². The summed E-state index contributed by atoms with van der Waals surface area (Å²) in [6, 6.07) is 0. The number of nitrogens with two attached hydrogens (primary N) is 1. The topological polar surface area (TPSA) is 63.3 Å². The predicted octanol–water partition coefficient (Wildman–Crippen LogP) is 2.39. The molecule has 0 bridgehead atoms. The van der Waals surface area contributed by atoms with E-state index in [4.69, 9.17) is 10.8 Å². The Kier molecular flexibility index (Phi) is 5.77. The number of hydrogen-bond donors (Lipinski definition) is 2. The van der Waals surface area contributed by atoms with E-state index in [2.05, 4.69) is 13.8 Å². The highest BCUT2D eigenvalue weighted by Crippen LogP contribution is 2.20. The van der Waals surface area contributed by atoms with Crippen LogP contribution in [0.25, 0.3) is 0 Å². The Labute approximate surface area is 86.7 Å². The fourth-order valence-electron chi connectivity index (χ4n) is 1.38. The summed E-state index contributed by atoms with van der Waals surface area (Å²) >= 11 is 0. The molecule has 0 aromatic rings. The van der Waals surface area contributed by atoms with E-state index in [1.54, 1.807) is 0 Å². The van der Waals surface area contributed by atoms with Gasteiger partial charge in [-0.3, -0.25) is 4.79 Å². The van der Waals surface area contributed by atoms with Crippen LogP contribution in [0, 0.1) is 5.92 Å². The summed E-state index contributed by atoms with van der Waals surface area (Å²) in [7, 11) is 0. The van der Waals surface area contributed by atoms with E-state index in [0.717, 1.165) is 19.3 Å². The van der Waals surface area contributed by atoms with Gasteiger partial charge in [-0.1, -0.05) is 33.6 Å². The zero-order chi connectivity index (χ0) is 11.2. The number of carboxylic acid groups (broad SMARTS) is 1. The first-order valence-corrected chi connectivity index (χ1v) is 5.44. The Balaban J connectivity index is 4.17. The van der Waals surface area contributed by atoms with Crippen LogP contribution < -0.4 is 5.73 Å². The van der Waals surface area contributed by atoms with Gasteiger partial charge in [0, 0.05) is 0 Å². The maximum Gasteiger partial charge on any atom is 0.323 e. The van der Waals surface area contributed by atoms with E-state index in [1.807, 2.05) is 6.92 Å². The molecule has 0 aromatic carbocycles. The average Bonchev–Trinajstić information content (AvgIpc) is 2.11. The van der Waals surface area contributed by atoms with E-state index >= 15 is 0 Å². The van der Waals surface area contributed by atoms with Crippen molar-refractivity contribution in [3.8, 4) is 0 Å². The van der Waals surface area contributed by atoms with Crippen molar-refractivity contribution in [3.63, 3.8) is 0 Å². The van der Waals surface area contributed by atoms with Gasteiger partial charge in [0.2, 0.25) is 0 Å². The van der Waals surface area contributed by atoms with Gasteiger partial charge in [-0.25, -0.2) is 0 Å². The zero-order valence-corrected chi connectivity index (χ0v) is 9.55.